The average molecular weight is 285 g/mol. The summed E-state index contributed by atoms with van der Waals surface area (Å²) in [6.07, 6.45) is 3.38. The molecule has 1 unspecified atom stereocenters. The summed E-state index contributed by atoms with van der Waals surface area (Å²) in [5.41, 5.74) is 2.01. The van der Waals surface area contributed by atoms with Crippen molar-refractivity contribution in [3.63, 3.8) is 0 Å². The number of furan rings is 1. The van der Waals surface area contributed by atoms with Gasteiger partial charge in [0.2, 0.25) is 0 Å². The molecule has 3 rings (SSSR count). The van der Waals surface area contributed by atoms with Crippen molar-refractivity contribution in [2.45, 2.75) is 6.04 Å². The van der Waals surface area contributed by atoms with Crippen molar-refractivity contribution in [3.8, 4) is 0 Å². The summed E-state index contributed by atoms with van der Waals surface area (Å²) in [5, 5.41) is 3.89. The number of anilines is 1. The average Bonchev–Trinajstić information content (AvgIpc) is 3.01. The molecule has 0 aliphatic carbocycles. The zero-order valence-corrected chi connectivity index (χ0v) is 11.4. The Balaban J connectivity index is 1.92. The van der Waals surface area contributed by atoms with Gasteiger partial charge in [-0.05, 0) is 29.8 Å². The van der Waals surface area contributed by atoms with Gasteiger partial charge in [-0.15, -0.1) is 0 Å². The lowest BCUT2D eigenvalue weighted by Crippen LogP contribution is -2.11. The topological polar surface area (TPSA) is 38.1 Å². The minimum Gasteiger partial charge on any atom is -0.467 e. The number of rotatable bonds is 4. The first-order valence-electron chi connectivity index (χ1n) is 6.29. The largest absolute Gasteiger partial charge is 0.467 e. The normalized spacial score (nSPS) is 12.1. The molecule has 0 aliphatic heterocycles. The molecule has 1 N–H and O–H groups in total. The number of hydrogen-bond acceptors (Lipinski definition) is 3. The summed E-state index contributed by atoms with van der Waals surface area (Å²) in [4.78, 5) is 4.08. The van der Waals surface area contributed by atoms with E-state index in [2.05, 4.69) is 22.4 Å². The third kappa shape index (κ3) is 2.83. The Morgan fingerprint density at radius 2 is 1.85 bits per heavy atom. The highest BCUT2D eigenvalue weighted by Gasteiger charge is 2.16. The molecule has 0 saturated heterocycles. The maximum atomic E-state index is 5.81. The quantitative estimate of drug-likeness (QED) is 0.715. The van der Waals surface area contributed by atoms with Crippen LogP contribution in [0.4, 0.5) is 5.69 Å². The summed E-state index contributed by atoms with van der Waals surface area (Å²) >= 11 is 5.81. The second-order valence-corrected chi connectivity index (χ2v) is 4.76. The van der Waals surface area contributed by atoms with Crippen LogP contribution in [0.25, 0.3) is 0 Å². The Morgan fingerprint density at radius 3 is 2.50 bits per heavy atom. The van der Waals surface area contributed by atoms with Crippen molar-refractivity contribution in [2.75, 3.05) is 5.32 Å². The summed E-state index contributed by atoms with van der Waals surface area (Å²) in [6.45, 7) is 0. The smallest absolute Gasteiger partial charge is 0.130 e. The zero-order chi connectivity index (χ0) is 13.8. The molecule has 4 heteroatoms. The number of pyridine rings is 1. The predicted octanol–water partition coefficient (Wildman–Crippen LogP) is 4.53. The van der Waals surface area contributed by atoms with Gasteiger partial charge in [0.1, 0.15) is 17.0 Å². The summed E-state index contributed by atoms with van der Waals surface area (Å²) in [7, 11) is 0. The van der Waals surface area contributed by atoms with Gasteiger partial charge >= 0.3 is 0 Å². The van der Waals surface area contributed by atoms with Gasteiger partial charge in [-0.25, -0.2) is 4.98 Å². The van der Waals surface area contributed by atoms with Crippen LogP contribution in [0.3, 0.4) is 0 Å². The van der Waals surface area contributed by atoms with Gasteiger partial charge in [0.05, 0.1) is 18.1 Å². The van der Waals surface area contributed by atoms with Crippen molar-refractivity contribution in [2.24, 2.45) is 0 Å². The molecule has 1 atom stereocenters. The van der Waals surface area contributed by atoms with Crippen LogP contribution in [-0.4, -0.2) is 4.98 Å². The molecule has 0 radical (unpaired) electrons. The van der Waals surface area contributed by atoms with Gasteiger partial charge in [-0.1, -0.05) is 41.9 Å². The maximum absolute atomic E-state index is 5.81. The van der Waals surface area contributed by atoms with E-state index in [4.69, 9.17) is 16.0 Å². The van der Waals surface area contributed by atoms with E-state index in [9.17, 15) is 0 Å². The first-order chi connectivity index (χ1) is 9.83. The Hall–Kier alpha value is -2.26. The van der Waals surface area contributed by atoms with E-state index in [-0.39, 0.29) is 6.04 Å². The Morgan fingerprint density at radius 1 is 1.00 bits per heavy atom. The van der Waals surface area contributed by atoms with Crippen molar-refractivity contribution in [1.29, 1.82) is 0 Å². The third-order valence-electron chi connectivity index (χ3n) is 3.00. The van der Waals surface area contributed by atoms with Gasteiger partial charge < -0.3 is 9.73 Å². The molecule has 0 fully saturated rings. The van der Waals surface area contributed by atoms with Crippen molar-refractivity contribution < 1.29 is 4.42 Å². The van der Waals surface area contributed by atoms with Crippen LogP contribution in [0.15, 0.2) is 71.5 Å². The lowest BCUT2D eigenvalue weighted by atomic mass is 10.0. The van der Waals surface area contributed by atoms with Crippen LogP contribution < -0.4 is 5.32 Å². The van der Waals surface area contributed by atoms with Gasteiger partial charge in [0.15, 0.2) is 0 Å². The Labute approximate surface area is 122 Å². The highest BCUT2D eigenvalue weighted by molar-refractivity contribution is 6.29. The van der Waals surface area contributed by atoms with Crippen molar-refractivity contribution in [3.05, 3.63) is 83.5 Å². The first kappa shape index (κ1) is 12.8. The highest BCUT2D eigenvalue weighted by atomic mass is 35.5. The molecular weight excluding hydrogens is 272 g/mol. The Kier molecular flexibility index (Phi) is 3.70. The monoisotopic (exact) mass is 284 g/mol. The molecule has 0 saturated carbocycles. The van der Waals surface area contributed by atoms with Gasteiger partial charge in [0.25, 0.3) is 0 Å². The van der Waals surface area contributed by atoms with E-state index in [0.29, 0.717) is 5.15 Å². The van der Waals surface area contributed by atoms with Gasteiger partial charge in [-0.2, -0.15) is 0 Å². The van der Waals surface area contributed by atoms with Gasteiger partial charge in [0, 0.05) is 0 Å². The molecule has 0 bridgehead atoms. The van der Waals surface area contributed by atoms with Gasteiger partial charge in [-0.3, -0.25) is 0 Å². The number of halogens is 1. The third-order valence-corrected chi connectivity index (χ3v) is 3.22. The molecule has 100 valence electrons. The number of aromatic nitrogens is 1. The van der Waals surface area contributed by atoms with E-state index >= 15 is 0 Å². The predicted molar refractivity (Wildman–Crippen MR) is 79.9 cm³/mol. The van der Waals surface area contributed by atoms with Crippen molar-refractivity contribution >= 4 is 17.3 Å². The Bertz CT molecular complexity index is 651. The molecule has 3 aromatic rings. The van der Waals surface area contributed by atoms with Crippen LogP contribution in [0.2, 0.25) is 5.15 Å². The van der Waals surface area contributed by atoms with E-state index in [0.717, 1.165) is 17.0 Å². The first-order valence-corrected chi connectivity index (χ1v) is 6.67. The molecule has 2 aromatic heterocycles. The van der Waals surface area contributed by atoms with Crippen LogP contribution in [-0.2, 0) is 0 Å². The fourth-order valence-corrected chi connectivity index (χ4v) is 2.16. The fourth-order valence-electron chi connectivity index (χ4n) is 2.05. The standard InChI is InChI=1S/C16H13ClN2O/c17-15-9-8-13(11-18-15)19-16(14-7-4-10-20-14)12-5-2-1-3-6-12/h1-11,16,19H. The number of nitrogens with zero attached hydrogens (tertiary/aromatic N) is 1. The highest BCUT2D eigenvalue weighted by Crippen LogP contribution is 2.26. The SMILES string of the molecule is Clc1ccc(NC(c2ccccc2)c2ccco2)cn1. The second kappa shape index (κ2) is 5.80. The van der Waals surface area contributed by atoms with E-state index in [1.54, 1.807) is 18.5 Å². The van der Waals surface area contributed by atoms with Crippen LogP contribution in [0.5, 0.6) is 0 Å². The number of hydrogen-bond donors (Lipinski definition) is 1. The minimum atomic E-state index is -0.0609. The van der Waals surface area contributed by atoms with Crippen molar-refractivity contribution in [1.82, 2.24) is 4.98 Å². The molecule has 20 heavy (non-hydrogen) atoms. The summed E-state index contributed by atoms with van der Waals surface area (Å²) in [5.74, 6) is 0.853. The lowest BCUT2D eigenvalue weighted by Gasteiger charge is -2.18. The van der Waals surface area contributed by atoms with Crippen LogP contribution in [0.1, 0.15) is 17.4 Å². The molecule has 0 amide bonds. The minimum absolute atomic E-state index is 0.0609. The fraction of sp³-hybridized carbons (Fsp3) is 0.0625. The molecule has 0 spiro atoms. The second-order valence-electron chi connectivity index (χ2n) is 4.37. The summed E-state index contributed by atoms with van der Waals surface area (Å²) in [6, 6.07) is 17.6. The maximum Gasteiger partial charge on any atom is 0.130 e. The lowest BCUT2D eigenvalue weighted by molar-refractivity contribution is 0.499. The van der Waals surface area contributed by atoms with E-state index < -0.39 is 0 Å². The van der Waals surface area contributed by atoms with E-state index in [1.807, 2.05) is 36.4 Å². The summed E-state index contributed by atoms with van der Waals surface area (Å²) < 4.78 is 5.54. The molecule has 1 aromatic carbocycles. The van der Waals surface area contributed by atoms with Crippen LogP contribution in [0, 0.1) is 0 Å². The van der Waals surface area contributed by atoms with Crippen LogP contribution >= 0.6 is 11.6 Å². The zero-order valence-electron chi connectivity index (χ0n) is 10.7. The molecule has 0 aliphatic rings. The molecular formula is C16H13ClN2O. The number of nitrogens with one attached hydrogen (secondary N) is 1. The van der Waals surface area contributed by atoms with E-state index in [1.165, 1.54) is 0 Å². The molecule has 2 heterocycles. The number of benzene rings is 1. The molecule has 3 nitrogen and oxygen atoms in total.